The predicted octanol–water partition coefficient (Wildman–Crippen LogP) is 2.38. The van der Waals surface area contributed by atoms with Crippen molar-refractivity contribution < 1.29 is 27.3 Å². The molecule has 2 aliphatic rings. The van der Waals surface area contributed by atoms with Gasteiger partial charge in [-0.25, -0.2) is 12.8 Å². The summed E-state index contributed by atoms with van der Waals surface area (Å²) in [6.45, 7) is 0.559. The number of nitrogens with zero attached hydrogens (tertiary/aromatic N) is 3. The van der Waals surface area contributed by atoms with Gasteiger partial charge in [-0.1, -0.05) is 18.2 Å². The Bertz CT molecular complexity index is 1160. The second-order valence-electron chi connectivity index (χ2n) is 7.79. The van der Waals surface area contributed by atoms with Crippen molar-refractivity contribution in [1.29, 1.82) is 0 Å². The molecule has 0 aromatic heterocycles. The number of benzene rings is 2. The number of piperazine rings is 1. The summed E-state index contributed by atoms with van der Waals surface area (Å²) >= 11 is 0. The summed E-state index contributed by atoms with van der Waals surface area (Å²) in [6, 6.07) is 9.91. The Hall–Kier alpha value is -3.05. The Morgan fingerprint density at radius 2 is 1.84 bits per heavy atom. The number of amides is 1. The molecular weight excluding hydrogens is 441 g/mol. The fourth-order valence-corrected chi connectivity index (χ4v) is 5.54. The lowest BCUT2D eigenvalue weighted by molar-refractivity contribution is -0.386. The van der Waals surface area contributed by atoms with Crippen LogP contribution in [-0.4, -0.2) is 61.7 Å². The van der Waals surface area contributed by atoms with Gasteiger partial charge in [-0.3, -0.25) is 14.9 Å². The quantitative estimate of drug-likeness (QED) is 0.481. The third-order valence-electron chi connectivity index (χ3n) is 5.95. The number of nitro benzene ring substituents is 1. The number of carbonyl (C=O) groups excluding carboxylic acids is 1. The van der Waals surface area contributed by atoms with Crippen LogP contribution in [0.4, 0.5) is 10.1 Å². The Labute approximate surface area is 184 Å². The first-order valence-electron chi connectivity index (χ1n) is 10.1. The highest BCUT2D eigenvalue weighted by Crippen LogP contribution is 2.49. The maximum Gasteiger partial charge on any atom is 0.312 e. The standard InChI is InChI=1S/C21H22FN3O6S/c1-31-20-7-6-14(12-19(20)25(27)28)32(29,30)24-10-8-23(9-11-24)21(26)17-13-16(17)15-4-2-3-5-18(15)22/h2-7,12,16-17H,8-11,13H2,1H3. The zero-order valence-electron chi connectivity index (χ0n) is 17.3. The van der Waals surface area contributed by atoms with Crippen molar-refractivity contribution in [3.8, 4) is 5.75 Å². The normalized spacial score (nSPS) is 21.2. The molecule has 1 amide bonds. The van der Waals surface area contributed by atoms with Gasteiger partial charge in [0.15, 0.2) is 5.75 Å². The van der Waals surface area contributed by atoms with Gasteiger partial charge in [-0.2, -0.15) is 4.31 Å². The van der Waals surface area contributed by atoms with Crippen LogP contribution in [0.2, 0.25) is 0 Å². The first-order valence-corrected chi connectivity index (χ1v) is 11.5. The fraction of sp³-hybridized carbons (Fsp3) is 0.381. The zero-order valence-corrected chi connectivity index (χ0v) is 18.1. The largest absolute Gasteiger partial charge is 0.490 e. The van der Waals surface area contributed by atoms with E-state index in [2.05, 4.69) is 0 Å². The van der Waals surface area contributed by atoms with Crippen LogP contribution in [0, 0.1) is 21.8 Å². The zero-order chi connectivity index (χ0) is 23.0. The first kappa shape index (κ1) is 22.2. The van der Waals surface area contributed by atoms with Gasteiger partial charge in [-0.15, -0.1) is 0 Å². The molecule has 0 radical (unpaired) electrons. The molecule has 1 saturated carbocycles. The van der Waals surface area contributed by atoms with Gasteiger partial charge in [0.2, 0.25) is 15.9 Å². The molecule has 1 aliphatic heterocycles. The van der Waals surface area contributed by atoms with Crippen molar-refractivity contribution in [3.63, 3.8) is 0 Å². The van der Waals surface area contributed by atoms with Crippen molar-refractivity contribution in [2.24, 2.45) is 5.92 Å². The minimum Gasteiger partial charge on any atom is -0.490 e. The van der Waals surface area contributed by atoms with Crippen LogP contribution in [0.3, 0.4) is 0 Å². The highest BCUT2D eigenvalue weighted by molar-refractivity contribution is 7.89. The Balaban J connectivity index is 1.41. The van der Waals surface area contributed by atoms with Gasteiger partial charge in [0.25, 0.3) is 0 Å². The van der Waals surface area contributed by atoms with Gasteiger partial charge < -0.3 is 9.64 Å². The minimum absolute atomic E-state index is 0.0294. The molecule has 9 nitrogen and oxygen atoms in total. The third kappa shape index (κ3) is 4.05. The molecule has 2 atom stereocenters. The summed E-state index contributed by atoms with van der Waals surface area (Å²) in [6.07, 6.45) is 0.577. The van der Waals surface area contributed by atoms with E-state index in [1.54, 1.807) is 23.1 Å². The maximum atomic E-state index is 14.0. The molecule has 170 valence electrons. The van der Waals surface area contributed by atoms with Crippen LogP contribution < -0.4 is 4.74 Å². The van der Waals surface area contributed by atoms with Crippen molar-refractivity contribution in [2.75, 3.05) is 33.3 Å². The Morgan fingerprint density at radius 1 is 1.16 bits per heavy atom. The lowest BCUT2D eigenvalue weighted by Crippen LogP contribution is -2.51. The maximum absolute atomic E-state index is 14.0. The molecule has 2 unspecified atom stereocenters. The van der Waals surface area contributed by atoms with Crippen molar-refractivity contribution >= 4 is 21.6 Å². The van der Waals surface area contributed by atoms with Crippen LogP contribution in [0.5, 0.6) is 5.75 Å². The van der Waals surface area contributed by atoms with E-state index >= 15 is 0 Å². The highest BCUT2D eigenvalue weighted by atomic mass is 32.2. The molecule has 1 aliphatic carbocycles. The topological polar surface area (TPSA) is 110 Å². The van der Waals surface area contributed by atoms with Crippen LogP contribution in [0.15, 0.2) is 47.4 Å². The number of ether oxygens (including phenoxy) is 1. The van der Waals surface area contributed by atoms with E-state index in [0.717, 1.165) is 6.07 Å². The van der Waals surface area contributed by atoms with Gasteiger partial charge in [0.1, 0.15) is 5.82 Å². The van der Waals surface area contributed by atoms with Gasteiger partial charge in [0.05, 0.1) is 16.9 Å². The van der Waals surface area contributed by atoms with E-state index < -0.39 is 20.6 Å². The van der Waals surface area contributed by atoms with Crippen LogP contribution >= 0.6 is 0 Å². The Kier molecular flexibility index (Phi) is 5.87. The second kappa shape index (κ2) is 8.47. The fourth-order valence-electron chi connectivity index (χ4n) is 4.09. The lowest BCUT2D eigenvalue weighted by Gasteiger charge is -2.34. The molecule has 2 fully saturated rings. The van der Waals surface area contributed by atoms with Gasteiger partial charge in [0, 0.05) is 38.2 Å². The van der Waals surface area contributed by atoms with Crippen LogP contribution in [0.25, 0.3) is 0 Å². The highest BCUT2D eigenvalue weighted by Gasteiger charge is 2.47. The molecule has 0 spiro atoms. The molecule has 4 rings (SSSR count). The second-order valence-corrected chi connectivity index (χ2v) is 9.73. The van der Waals surface area contributed by atoms with Crippen LogP contribution in [0.1, 0.15) is 17.9 Å². The van der Waals surface area contributed by atoms with Gasteiger partial charge >= 0.3 is 5.69 Å². The van der Waals surface area contributed by atoms with Crippen LogP contribution in [-0.2, 0) is 14.8 Å². The number of halogens is 1. The summed E-state index contributed by atoms with van der Waals surface area (Å²) < 4.78 is 46.1. The van der Waals surface area contributed by atoms with Crippen molar-refractivity contribution in [2.45, 2.75) is 17.2 Å². The molecule has 11 heteroatoms. The predicted molar refractivity (Wildman–Crippen MR) is 112 cm³/mol. The Morgan fingerprint density at radius 3 is 2.47 bits per heavy atom. The van der Waals surface area contributed by atoms with E-state index in [9.17, 15) is 27.7 Å². The number of hydrogen-bond acceptors (Lipinski definition) is 6. The number of nitro groups is 1. The van der Waals surface area contributed by atoms with E-state index in [0.29, 0.717) is 12.0 Å². The SMILES string of the molecule is COc1ccc(S(=O)(=O)N2CCN(C(=O)C3CC3c3ccccc3F)CC2)cc1[N+](=O)[O-]. The number of hydrogen-bond donors (Lipinski definition) is 0. The summed E-state index contributed by atoms with van der Waals surface area (Å²) in [5, 5.41) is 11.2. The first-order chi connectivity index (χ1) is 15.2. The average molecular weight is 463 g/mol. The smallest absolute Gasteiger partial charge is 0.312 e. The molecule has 0 N–H and O–H groups in total. The third-order valence-corrected chi connectivity index (χ3v) is 7.84. The van der Waals surface area contributed by atoms with E-state index in [1.807, 2.05) is 0 Å². The number of methoxy groups -OCH3 is 1. The molecule has 2 aromatic carbocycles. The average Bonchev–Trinajstić information content (AvgIpc) is 3.59. The van der Waals surface area contributed by atoms with E-state index in [1.165, 1.54) is 29.6 Å². The minimum atomic E-state index is -3.97. The van der Waals surface area contributed by atoms with Gasteiger partial charge in [-0.05, 0) is 36.1 Å². The summed E-state index contributed by atoms with van der Waals surface area (Å²) in [5.74, 6) is -0.893. The summed E-state index contributed by atoms with van der Waals surface area (Å²) in [4.78, 5) is 24.7. The molecule has 32 heavy (non-hydrogen) atoms. The van der Waals surface area contributed by atoms with E-state index in [4.69, 9.17) is 4.74 Å². The summed E-state index contributed by atoms with van der Waals surface area (Å²) in [5.41, 5.74) is 0.100. The van der Waals surface area contributed by atoms with Crippen molar-refractivity contribution in [1.82, 2.24) is 9.21 Å². The molecule has 1 saturated heterocycles. The van der Waals surface area contributed by atoms with Crippen molar-refractivity contribution in [3.05, 3.63) is 64.0 Å². The molecule has 2 aromatic rings. The van der Waals surface area contributed by atoms with E-state index in [-0.39, 0.29) is 60.4 Å². The molecule has 1 heterocycles. The number of rotatable bonds is 6. The molecule has 0 bridgehead atoms. The lowest BCUT2D eigenvalue weighted by atomic mass is 10.1. The summed E-state index contributed by atoms with van der Waals surface area (Å²) in [7, 11) is -2.70. The number of carbonyl (C=O) groups is 1. The molecular formula is C21H22FN3O6S. The number of sulfonamides is 1. The monoisotopic (exact) mass is 463 g/mol.